The van der Waals surface area contributed by atoms with Crippen molar-refractivity contribution in [2.24, 2.45) is 0 Å². The zero-order chi connectivity index (χ0) is 21.0. The summed E-state index contributed by atoms with van der Waals surface area (Å²) in [4.78, 5) is 24.2. The van der Waals surface area contributed by atoms with Gasteiger partial charge < -0.3 is 18.9 Å². The van der Waals surface area contributed by atoms with E-state index in [1.165, 1.54) is 0 Å². The zero-order valence-electron chi connectivity index (χ0n) is 16.4. The summed E-state index contributed by atoms with van der Waals surface area (Å²) in [6.45, 7) is 5.88. The second-order valence-corrected chi connectivity index (χ2v) is 7.88. The minimum atomic E-state index is -0.594. The molecule has 1 heterocycles. The SMILES string of the molecule is CC(C)(C)OC(=O)Nc1ccc(C(=O)OCc2cc(Cl)cc3c2OCOC3)cc1. The predicted molar refractivity (Wildman–Crippen MR) is 107 cm³/mol. The molecule has 0 spiro atoms. The summed E-state index contributed by atoms with van der Waals surface area (Å²) in [5.74, 6) is 0.125. The Morgan fingerprint density at radius 2 is 1.90 bits per heavy atom. The molecule has 1 aliphatic rings. The van der Waals surface area contributed by atoms with Crippen molar-refractivity contribution in [1.82, 2.24) is 0 Å². The van der Waals surface area contributed by atoms with Crippen LogP contribution in [0.2, 0.25) is 5.02 Å². The average molecular weight is 420 g/mol. The normalized spacial score (nSPS) is 13.1. The molecule has 0 bridgehead atoms. The molecule has 0 fully saturated rings. The van der Waals surface area contributed by atoms with Crippen LogP contribution in [0, 0.1) is 0 Å². The predicted octanol–water partition coefficient (Wildman–Crippen LogP) is 4.91. The standard InChI is InChI=1S/C21H22ClNO6/c1-21(2,3)29-20(25)23-17-6-4-13(5-7-17)19(24)27-11-15-9-16(22)8-14-10-26-12-28-18(14)15/h4-9H,10-12H2,1-3H3,(H,23,25). The number of anilines is 1. The highest BCUT2D eigenvalue weighted by Gasteiger charge is 2.19. The molecule has 0 radical (unpaired) electrons. The van der Waals surface area contributed by atoms with Crippen molar-refractivity contribution >= 4 is 29.4 Å². The molecule has 29 heavy (non-hydrogen) atoms. The van der Waals surface area contributed by atoms with Crippen molar-refractivity contribution in [1.29, 1.82) is 0 Å². The third kappa shape index (κ3) is 5.85. The van der Waals surface area contributed by atoms with Crippen LogP contribution in [0.1, 0.15) is 42.3 Å². The fraction of sp³-hybridized carbons (Fsp3) is 0.333. The molecule has 1 N–H and O–H groups in total. The molecule has 154 valence electrons. The monoisotopic (exact) mass is 419 g/mol. The molecule has 3 rings (SSSR count). The molecule has 0 aliphatic carbocycles. The summed E-state index contributed by atoms with van der Waals surface area (Å²) in [6, 6.07) is 9.79. The Labute approximate surface area is 173 Å². The minimum absolute atomic E-state index is 0.0135. The molecule has 2 aromatic carbocycles. The van der Waals surface area contributed by atoms with Gasteiger partial charge in [0.25, 0.3) is 0 Å². The Morgan fingerprint density at radius 3 is 2.59 bits per heavy atom. The maximum absolute atomic E-state index is 12.4. The Bertz CT molecular complexity index is 905. The van der Waals surface area contributed by atoms with Crippen molar-refractivity contribution in [2.75, 3.05) is 12.1 Å². The topological polar surface area (TPSA) is 83.1 Å². The quantitative estimate of drug-likeness (QED) is 0.709. The summed E-state index contributed by atoms with van der Waals surface area (Å²) in [6.07, 6.45) is -0.567. The van der Waals surface area contributed by atoms with Gasteiger partial charge in [0.2, 0.25) is 0 Å². The molecule has 2 aromatic rings. The van der Waals surface area contributed by atoms with E-state index in [4.69, 9.17) is 30.5 Å². The minimum Gasteiger partial charge on any atom is -0.467 e. The van der Waals surface area contributed by atoms with Crippen molar-refractivity contribution in [3.8, 4) is 5.75 Å². The summed E-state index contributed by atoms with van der Waals surface area (Å²) in [5.41, 5.74) is 1.75. The maximum atomic E-state index is 12.4. The van der Waals surface area contributed by atoms with Crippen LogP contribution in [-0.2, 0) is 27.4 Å². The van der Waals surface area contributed by atoms with Crippen LogP contribution in [0.25, 0.3) is 0 Å². The molecule has 1 amide bonds. The Balaban J connectivity index is 1.60. The Hall–Kier alpha value is -2.77. The Morgan fingerprint density at radius 1 is 1.17 bits per heavy atom. The van der Waals surface area contributed by atoms with Crippen molar-refractivity contribution in [3.05, 3.63) is 58.1 Å². The number of hydrogen-bond acceptors (Lipinski definition) is 6. The lowest BCUT2D eigenvalue weighted by molar-refractivity contribution is -0.0180. The zero-order valence-corrected chi connectivity index (χ0v) is 17.2. The largest absolute Gasteiger partial charge is 0.467 e. The van der Waals surface area contributed by atoms with Crippen molar-refractivity contribution < 1.29 is 28.5 Å². The van der Waals surface area contributed by atoms with Crippen LogP contribution in [0.4, 0.5) is 10.5 Å². The molecule has 0 aromatic heterocycles. The second-order valence-electron chi connectivity index (χ2n) is 7.44. The van der Waals surface area contributed by atoms with Crippen LogP contribution in [-0.4, -0.2) is 24.5 Å². The van der Waals surface area contributed by atoms with E-state index in [0.29, 0.717) is 34.2 Å². The smallest absolute Gasteiger partial charge is 0.412 e. The second kappa shape index (κ2) is 8.71. The van der Waals surface area contributed by atoms with Crippen LogP contribution < -0.4 is 10.1 Å². The number of rotatable bonds is 4. The molecular formula is C21H22ClNO6. The number of halogens is 1. The van der Waals surface area contributed by atoms with Gasteiger partial charge >= 0.3 is 12.1 Å². The van der Waals surface area contributed by atoms with Gasteiger partial charge in [-0.15, -0.1) is 0 Å². The lowest BCUT2D eigenvalue weighted by Crippen LogP contribution is -2.27. The van der Waals surface area contributed by atoms with Gasteiger partial charge in [-0.2, -0.15) is 0 Å². The molecule has 8 heteroatoms. The first-order chi connectivity index (χ1) is 13.7. The van der Waals surface area contributed by atoms with E-state index < -0.39 is 17.7 Å². The van der Waals surface area contributed by atoms with Crippen molar-refractivity contribution in [2.45, 2.75) is 39.6 Å². The lowest BCUT2D eigenvalue weighted by atomic mass is 10.1. The first kappa shape index (κ1) is 21.0. The van der Waals surface area contributed by atoms with Gasteiger partial charge in [0.1, 0.15) is 18.0 Å². The first-order valence-corrected chi connectivity index (χ1v) is 9.38. The van der Waals surface area contributed by atoms with Gasteiger partial charge in [-0.05, 0) is 57.2 Å². The van der Waals surface area contributed by atoms with E-state index in [1.54, 1.807) is 57.2 Å². The van der Waals surface area contributed by atoms with E-state index in [-0.39, 0.29) is 13.4 Å². The van der Waals surface area contributed by atoms with Crippen LogP contribution in [0.5, 0.6) is 5.75 Å². The van der Waals surface area contributed by atoms with Crippen LogP contribution in [0.15, 0.2) is 36.4 Å². The van der Waals surface area contributed by atoms with Gasteiger partial charge in [0.05, 0.1) is 12.2 Å². The molecule has 0 unspecified atom stereocenters. The molecule has 0 saturated carbocycles. The molecule has 0 atom stereocenters. The maximum Gasteiger partial charge on any atom is 0.412 e. The fourth-order valence-corrected chi connectivity index (χ4v) is 2.97. The van der Waals surface area contributed by atoms with E-state index in [9.17, 15) is 9.59 Å². The van der Waals surface area contributed by atoms with Gasteiger partial charge in [0.15, 0.2) is 6.79 Å². The average Bonchev–Trinajstić information content (AvgIpc) is 2.64. The number of nitrogens with one attached hydrogen (secondary N) is 1. The molecule has 1 aliphatic heterocycles. The van der Waals surface area contributed by atoms with Crippen LogP contribution in [0.3, 0.4) is 0 Å². The number of esters is 1. The number of benzene rings is 2. The van der Waals surface area contributed by atoms with Crippen molar-refractivity contribution in [3.63, 3.8) is 0 Å². The molecule has 0 saturated heterocycles. The highest BCUT2D eigenvalue weighted by Crippen LogP contribution is 2.32. The highest BCUT2D eigenvalue weighted by molar-refractivity contribution is 6.30. The van der Waals surface area contributed by atoms with E-state index in [0.717, 1.165) is 5.56 Å². The summed E-state index contributed by atoms with van der Waals surface area (Å²) < 4.78 is 21.3. The molecular weight excluding hydrogens is 398 g/mol. The Kier molecular flexibility index (Phi) is 6.30. The number of fused-ring (bicyclic) bond motifs is 1. The number of ether oxygens (including phenoxy) is 4. The van der Waals surface area contributed by atoms with E-state index >= 15 is 0 Å². The first-order valence-electron chi connectivity index (χ1n) is 9.00. The summed E-state index contributed by atoms with van der Waals surface area (Å²) in [7, 11) is 0. The van der Waals surface area contributed by atoms with Crippen LogP contribution >= 0.6 is 11.6 Å². The van der Waals surface area contributed by atoms with E-state index in [1.807, 2.05) is 0 Å². The third-order valence-electron chi connectivity index (χ3n) is 3.88. The lowest BCUT2D eigenvalue weighted by Gasteiger charge is -2.21. The van der Waals surface area contributed by atoms with Gasteiger partial charge in [0, 0.05) is 21.8 Å². The van der Waals surface area contributed by atoms with Gasteiger partial charge in [-0.1, -0.05) is 11.6 Å². The van der Waals surface area contributed by atoms with E-state index in [2.05, 4.69) is 5.32 Å². The summed E-state index contributed by atoms with van der Waals surface area (Å²) >= 11 is 6.12. The third-order valence-corrected chi connectivity index (χ3v) is 4.09. The number of carbonyl (C=O) groups is 2. The highest BCUT2D eigenvalue weighted by atomic mass is 35.5. The number of hydrogen-bond donors (Lipinski definition) is 1. The number of amides is 1. The molecule has 7 nitrogen and oxygen atoms in total. The fourth-order valence-electron chi connectivity index (χ4n) is 2.70. The van der Waals surface area contributed by atoms with Gasteiger partial charge in [-0.3, -0.25) is 5.32 Å². The number of carbonyl (C=O) groups excluding carboxylic acids is 2. The van der Waals surface area contributed by atoms with Gasteiger partial charge in [-0.25, -0.2) is 9.59 Å². The summed E-state index contributed by atoms with van der Waals surface area (Å²) in [5, 5.41) is 3.12.